The van der Waals surface area contributed by atoms with E-state index in [1.54, 1.807) is 0 Å². The van der Waals surface area contributed by atoms with Gasteiger partial charge in [-0.1, -0.05) is 15.9 Å². The highest BCUT2D eigenvalue weighted by atomic mass is 79.9. The average Bonchev–Trinajstić information content (AvgIpc) is 2.40. The van der Waals surface area contributed by atoms with Crippen LogP contribution in [0.25, 0.3) is 0 Å². The zero-order valence-electron chi connectivity index (χ0n) is 7.98. The van der Waals surface area contributed by atoms with E-state index in [1.165, 1.54) is 10.2 Å². The van der Waals surface area contributed by atoms with Gasteiger partial charge in [-0.25, -0.2) is 0 Å². The summed E-state index contributed by atoms with van der Waals surface area (Å²) in [6, 6.07) is 0. The molecule has 0 unspecified atom stereocenters. The van der Waals surface area contributed by atoms with Gasteiger partial charge in [-0.15, -0.1) is 0 Å². The van der Waals surface area contributed by atoms with E-state index in [1.807, 2.05) is 6.92 Å². The maximum atomic E-state index is 4.44. The molecule has 0 bridgehead atoms. The van der Waals surface area contributed by atoms with E-state index < -0.39 is 0 Å². The van der Waals surface area contributed by atoms with Gasteiger partial charge in [0, 0.05) is 11.9 Å². The Hall–Kier alpha value is 0.170. The number of hydrogen-bond acceptors (Lipinski definition) is 1. The van der Waals surface area contributed by atoms with Gasteiger partial charge in [-0.05, 0) is 42.6 Å². The largest absolute Gasteiger partial charge is 0.268 e. The minimum atomic E-state index is 0.948. The SMILES string of the molecule is CCn1nc(C)c(Br)c1CCCBr. The van der Waals surface area contributed by atoms with Crippen LogP contribution in [0.15, 0.2) is 4.47 Å². The average molecular weight is 310 g/mol. The second kappa shape index (κ2) is 5.15. The molecule has 0 aliphatic heterocycles. The first-order chi connectivity index (χ1) is 6.20. The van der Waals surface area contributed by atoms with Crippen molar-refractivity contribution < 1.29 is 0 Å². The molecule has 0 aromatic carbocycles. The quantitative estimate of drug-likeness (QED) is 0.780. The molecule has 0 saturated heterocycles. The van der Waals surface area contributed by atoms with E-state index in [0.717, 1.165) is 30.4 Å². The minimum absolute atomic E-state index is 0.948. The molecule has 13 heavy (non-hydrogen) atoms. The van der Waals surface area contributed by atoms with E-state index in [9.17, 15) is 0 Å². The predicted molar refractivity (Wildman–Crippen MR) is 62.5 cm³/mol. The lowest BCUT2D eigenvalue weighted by molar-refractivity contribution is 0.612. The Morgan fingerprint density at radius 2 is 2.15 bits per heavy atom. The zero-order valence-corrected chi connectivity index (χ0v) is 11.2. The highest BCUT2D eigenvalue weighted by Gasteiger charge is 2.10. The molecule has 0 fully saturated rings. The van der Waals surface area contributed by atoms with Gasteiger partial charge in [0.1, 0.15) is 0 Å². The van der Waals surface area contributed by atoms with Gasteiger partial charge in [0.05, 0.1) is 15.9 Å². The number of aryl methyl sites for hydroxylation is 2. The first kappa shape index (κ1) is 11.2. The smallest absolute Gasteiger partial charge is 0.0738 e. The fraction of sp³-hybridized carbons (Fsp3) is 0.667. The summed E-state index contributed by atoms with van der Waals surface area (Å²) in [5.41, 5.74) is 2.41. The van der Waals surface area contributed by atoms with E-state index in [2.05, 4.69) is 48.6 Å². The fourth-order valence-corrected chi connectivity index (χ4v) is 2.10. The molecule has 4 heteroatoms. The minimum Gasteiger partial charge on any atom is -0.268 e. The van der Waals surface area contributed by atoms with Crippen LogP contribution in [0.3, 0.4) is 0 Å². The van der Waals surface area contributed by atoms with E-state index in [0.29, 0.717) is 0 Å². The lowest BCUT2D eigenvalue weighted by Crippen LogP contribution is -2.03. The molecule has 0 spiro atoms. The first-order valence-corrected chi connectivity index (χ1v) is 6.39. The molecule has 0 aliphatic carbocycles. The number of nitrogens with zero attached hydrogens (tertiary/aromatic N) is 2. The van der Waals surface area contributed by atoms with E-state index in [-0.39, 0.29) is 0 Å². The summed E-state index contributed by atoms with van der Waals surface area (Å²) in [6.45, 7) is 5.11. The van der Waals surface area contributed by atoms with Crippen LogP contribution < -0.4 is 0 Å². The summed E-state index contributed by atoms with van der Waals surface area (Å²) < 4.78 is 3.25. The third-order valence-corrected chi connectivity index (χ3v) is 3.59. The van der Waals surface area contributed by atoms with Crippen LogP contribution in [-0.4, -0.2) is 15.1 Å². The molecule has 74 valence electrons. The standard InChI is InChI=1S/C9H14Br2N2/c1-3-13-8(5-4-6-10)9(11)7(2)12-13/h3-6H2,1-2H3. The van der Waals surface area contributed by atoms with Gasteiger partial charge in [0.15, 0.2) is 0 Å². The summed E-state index contributed by atoms with van der Waals surface area (Å²) in [4.78, 5) is 0. The van der Waals surface area contributed by atoms with Crippen molar-refractivity contribution in [2.75, 3.05) is 5.33 Å². The summed E-state index contributed by atoms with van der Waals surface area (Å²) in [7, 11) is 0. The van der Waals surface area contributed by atoms with Crippen molar-refractivity contribution in [1.82, 2.24) is 9.78 Å². The summed E-state index contributed by atoms with van der Waals surface area (Å²) in [5.74, 6) is 0. The van der Waals surface area contributed by atoms with Crippen molar-refractivity contribution in [3.05, 3.63) is 15.9 Å². The Balaban J connectivity index is 2.88. The molecule has 0 N–H and O–H groups in total. The van der Waals surface area contributed by atoms with Crippen molar-refractivity contribution in [3.63, 3.8) is 0 Å². The molecule has 0 radical (unpaired) electrons. The third-order valence-electron chi connectivity index (χ3n) is 2.00. The van der Waals surface area contributed by atoms with Crippen molar-refractivity contribution >= 4 is 31.9 Å². The normalized spacial score (nSPS) is 10.8. The monoisotopic (exact) mass is 308 g/mol. The Morgan fingerprint density at radius 3 is 2.69 bits per heavy atom. The van der Waals surface area contributed by atoms with Crippen LogP contribution >= 0.6 is 31.9 Å². The topological polar surface area (TPSA) is 17.8 Å². The molecule has 1 aromatic heterocycles. The molecule has 2 nitrogen and oxygen atoms in total. The molecule has 0 amide bonds. The van der Waals surface area contributed by atoms with Crippen molar-refractivity contribution in [2.24, 2.45) is 0 Å². The second-order valence-corrected chi connectivity index (χ2v) is 4.54. The zero-order chi connectivity index (χ0) is 9.84. The van der Waals surface area contributed by atoms with Gasteiger partial charge in [0.2, 0.25) is 0 Å². The third kappa shape index (κ3) is 2.56. The number of halogens is 2. The second-order valence-electron chi connectivity index (χ2n) is 2.95. The van der Waals surface area contributed by atoms with Gasteiger partial charge >= 0.3 is 0 Å². The van der Waals surface area contributed by atoms with Crippen molar-refractivity contribution in [3.8, 4) is 0 Å². The molecular weight excluding hydrogens is 296 g/mol. The highest BCUT2D eigenvalue weighted by Crippen LogP contribution is 2.22. The van der Waals surface area contributed by atoms with E-state index >= 15 is 0 Å². The maximum absolute atomic E-state index is 4.44. The van der Waals surface area contributed by atoms with E-state index in [4.69, 9.17) is 0 Å². The van der Waals surface area contributed by atoms with Crippen molar-refractivity contribution in [2.45, 2.75) is 33.2 Å². The predicted octanol–water partition coefficient (Wildman–Crippen LogP) is 3.30. The number of hydrogen-bond donors (Lipinski definition) is 0. The van der Waals surface area contributed by atoms with Crippen LogP contribution in [0.4, 0.5) is 0 Å². The van der Waals surface area contributed by atoms with Crippen LogP contribution in [0.5, 0.6) is 0 Å². The van der Waals surface area contributed by atoms with Crippen LogP contribution in [0.1, 0.15) is 24.7 Å². The summed E-state index contributed by atoms with van der Waals surface area (Å²) in [6.07, 6.45) is 2.24. The lowest BCUT2D eigenvalue weighted by atomic mass is 10.2. The van der Waals surface area contributed by atoms with Gasteiger partial charge in [-0.3, -0.25) is 4.68 Å². The molecule has 0 saturated carbocycles. The van der Waals surface area contributed by atoms with Crippen molar-refractivity contribution in [1.29, 1.82) is 0 Å². The Kier molecular flexibility index (Phi) is 4.46. The fourth-order valence-electron chi connectivity index (χ4n) is 1.34. The molecule has 0 aliphatic rings. The molecule has 0 atom stereocenters. The number of alkyl halides is 1. The van der Waals surface area contributed by atoms with Crippen LogP contribution in [-0.2, 0) is 13.0 Å². The van der Waals surface area contributed by atoms with Crippen LogP contribution in [0, 0.1) is 6.92 Å². The van der Waals surface area contributed by atoms with Gasteiger partial charge < -0.3 is 0 Å². The Bertz CT molecular complexity index is 281. The Morgan fingerprint density at radius 1 is 1.46 bits per heavy atom. The molecule has 1 rings (SSSR count). The number of rotatable bonds is 4. The number of aromatic nitrogens is 2. The Labute approximate surface area is 96.0 Å². The van der Waals surface area contributed by atoms with Gasteiger partial charge in [0.25, 0.3) is 0 Å². The molecule has 1 aromatic rings. The maximum Gasteiger partial charge on any atom is 0.0738 e. The molecule has 1 heterocycles. The van der Waals surface area contributed by atoms with Gasteiger partial charge in [-0.2, -0.15) is 5.10 Å². The lowest BCUT2D eigenvalue weighted by Gasteiger charge is -2.03. The molecular formula is C9H14Br2N2. The summed E-state index contributed by atoms with van der Waals surface area (Å²) >= 11 is 7.01. The van der Waals surface area contributed by atoms with Crippen LogP contribution in [0.2, 0.25) is 0 Å². The summed E-state index contributed by atoms with van der Waals surface area (Å²) in [5, 5.41) is 5.49. The first-order valence-electron chi connectivity index (χ1n) is 4.48. The highest BCUT2D eigenvalue weighted by molar-refractivity contribution is 9.10.